The number of hydrogen-bond donors (Lipinski definition) is 0. The molecule has 3 fully saturated rings. The molecule has 1 saturated heterocycles. The van der Waals surface area contributed by atoms with Gasteiger partial charge < -0.3 is 4.90 Å². The fourth-order valence-electron chi connectivity index (χ4n) is 8.84. The van der Waals surface area contributed by atoms with Gasteiger partial charge in [0.05, 0.1) is 0 Å². The van der Waals surface area contributed by atoms with Crippen LogP contribution in [-0.2, 0) is 25.8 Å². The molecule has 3 aliphatic carbocycles. The summed E-state index contributed by atoms with van der Waals surface area (Å²) in [5.41, 5.74) is 10.3. The zero-order valence-electron chi connectivity index (χ0n) is 46.1. The lowest BCUT2D eigenvalue weighted by atomic mass is 9.40. The van der Waals surface area contributed by atoms with Crippen molar-refractivity contribution in [2.24, 2.45) is 35.5 Å². The van der Waals surface area contributed by atoms with E-state index in [1.807, 2.05) is 27.7 Å². The first kappa shape index (κ1) is 81.5. The molecule has 0 unspecified atom stereocenters. The predicted molar refractivity (Wildman–Crippen MR) is 322 cm³/mol. The molecule has 2 heteroatoms. The van der Waals surface area contributed by atoms with Crippen LogP contribution in [0.2, 0.25) is 0 Å². The molecule has 1 aliphatic heterocycles. The number of aryl methyl sites for hydroxylation is 2. The minimum absolute atomic E-state index is 0. The van der Waals surface area contributed by atoms with E-state index in [0.717, 1.165) is 86.5 Å². The molecule has 0 aromatic heterocycles. The van der Waals surface area contributed by atoms with Crippen LogP contribution in [0.3, 0.4) is 0 Å². The maximum atomic E-state index is 2.88. The van der Waals surface area contributed by atoms with Crippen LogP contribution < -0.4 is 0 Å². The van der Waals surface area contributed by atoms with Gasteiger partial charge >= 0.3 is 0 Å². The molecule has 2 saturated carbocycles. The van der Waals surface area contributed by atoms with Crippen LogP contribution in [0.25, 0.3) is 11.1 Å². The van der Waals surface area contributed by atoms with Crippen LogP contribution in [-0.4, -0.2) is 42.0 Å². The van der Waals surface area contributed by atoms with E-state index in [-0.39, 0.29) is 37.1 Å². The largest absolute Gasteiger partial charge is 0.307 e. The van der Waals surface area contributed by atoms with Gasteiger partial charge in [-0.15, -0.1) is 0 Å². The Bertz CT molecular complexity index is 1360. The highest BCUT2D eigenvalue weighted by Gasteiger charge is 2.69. The van der Waals surface area contributed by atoms with Gasteiger partial charge in [-0.2, -0.15) is 0 Å². The van der Waals surface area contributed by atoms with Gasteiger partial charge in [-0.25, -0.2) is 0 Å². The Balaban J connectivity index is -0.000000116. The Morgan fingerprint density at radius 1 is 0.448 bits per heavy atom. The third kappa shape index (κ3) is 26.4. The summed E-state index contributed by atoms with van der Waals surface area (Å²) >= 11 is 0. The quantitative estimate of drug-likeness (QED) is 0.190. The third-order valence-electron chi connectivity index (χ3n) is 12.1. The lowest BCUT2D eigenvalue weighted by Gasteiger charge is -2.67. The molecule has 0 bridgehead atoms. The lowest BCUT2D eigenvalue weighted by molar-refractivity contribution is -0.185. The van der Waals surface area contributed by atoms with Gasteiger partial charge in [-0.3, -0.25) is 4.90 Å². The molecule has 0 N–H and O–H groups in total. The number of fused-ring (bicyclic) bond motifs is 7. The van der Waals surface area contributed by atoms with Crippen molar-refractivity contribution >= 4 is 0 Å². The monoisotopic (exact) mass is 939 g/mol. The van der Waals surface area contributed by atoms with Crippen molar-refractivity contribution in [3.8, 4) is 11.1 Å². The van der Waals surface area contributed by atoms with Gasteiger partial charge in [0.1, 0.15) is 0 Å². The van der Waals surface area contributed by atoms with E-state index < -0.39 is 0 Å². The average molecular weight is 940 g/mol. The highest BCUT2D eigenvalue weighted by molar-refractivity contribution is 5.76. The van der Waals surface area contributed by atoms with Crippen LogP contribution in [0.1, 0.15) is 249 Å². The van der Waals surface area contributed by atoms with Crippen LogP contribution in [0.15, 0.2) is 66.7 Å². The molecule has 8 atom stereocenters. The molecule has 0 amide bonds. The molecule has 0 radical (unpaired) electrons. The van der Waals surface area contributed by atoms with Crippen molar-refractivity contribution in [2.45, 2.75) is 259 Å². The first-order valence-electron chi connectivity index (χ1n) is 26.5. The maximum Gasteiger partial charge on any atom is 0.0240 e. The van der Waals surface area contributed by atoms with E-state index in [2.05, 4.69) is 208 Å². The molecule has 0 spiro atoms. The number of likely N-dealkylation sites (tertiary alicyclic amines) is 1. The zero-order chi connectivity index (χ0) is 48.4. The van der Waals surface area contributed by atoms with Crippen LogP contribution in [0, 0.1) is 35.5 Å². The molecule has 67 heavy (non-hydrogen) atoms. The maximum absolute atomic E-state index is 2.88. The molecule has 400 valence electrons. The van der Waals surface area contributed by atoms with Crippen molar-refractivity contribution < 1.29 is 0 Å². The van der Waals surface area contributed by atoms with Gasteiger partial charge in [0.25, 0.3) is 0 Å². The van der Waals surface area contributed by atoms with E-state index in [1.54, 1.807) is 5.56 Å². The van der Waals surface area contributed by atoms with Crippen LogP contribution in [0.5, 0.6) is 0 Å². The smallest absolute Gasteiger partial charge is 0.0240 e. The SMILES string of the molecule is C.C.C.C.C.CC.CC.CCC.CCC.CCC.CCC.CCC.CCN(C)CC.CCc1cc(CC)cc(CN2[C@@H]3[C@@H]4[C@H](C)[C@H](C)[C@@H]4[C@@H]3[C@H](C)[C@@H]2C)c1.c1ccc2c(c1)Cc1ccccc1-2. The van der Waals surface area contributed by atoms with Gasteiger partial charge in [0, 0.05) is 18.6 Å². The van der Waals surface area contributed by atoms with E-state index >= 15 is 0 Å². The van der Waals surface area contributed by atoms with Crippen molar-refractivity contribution in [3.05, 3.63) is 94.5 Å². The Morgan fingerprint density at radius 2 is 0.746 bits per heavy atom. The summed E-state index contributed by atoms with van der Waals surface area (Å²) in [7, 11) is 2.11. The lowest BCUT2D eigenvalue weighted by Crippen LogP contribution is -2.68. The summed E-state index contributed by atoms with van der Waals surface area (Å²) in [5.74, 6) is 5.74. The van der Waals surface area contributed by atoms with Gasteiger partial charge in [-0.1, -0.05) is 281 Å². The summed E-state index contributed by atoms with van der Waals surface area (Å²) < 4.78 is 0. The molecular weight excluding hydrogens is 809 g/mol. The van der Waals surface area contributed by atoms with E-state index in [0.29, 0.717) is 0 Å². The van der Waals surface area contributed by atoms with Gasteiger partial charge in [-0.05, 0) is 121 Å². The standard InChI is InChI=1S/C23H35N.C13H10.C5H13N.5C3H8.2C2H6.5CH4/c1-7-17-9-18(8-2)11-19(10-17)12-24-16(6)15(5)22-20-13(3)14(4)21(20)23(22)24;1-3-7-12-10(5-1)9-11-6-2-4-8-13(11)12;1-4-6(3)5-2;5*1-3-2;2*1-2;;;;;/h9-11,13-16,20-23H,7-8,12H2,1-6H3;1-8H,9H2;4-5H2,1-3H3;5*3H2,1-2H3;2*1-2H3;5*1H4/t13-,14+,15+,16-,20-,21+,22-,23+;;;;;;;;;;;;;;/m0............../s1. The number of rotatable bonds is 6. The summed E-state index contributed by atoms with van der Waals surface area (Å²) in [6, 6.07) is 26.2. The number of hydrogen-bond acceptors (Lipinski definition) is 2. The van der Waals surface area contributed by atoms with E-state index in [4.69, 9.17) is 0 Å². The van der Waals surface area contributed by atoms with Crippen LogP contribution in [0.4, 0.5) is 0 Å². The van der Waals surface area contributed by atoms with Gasteiger partial charge in [0.15, 0.2) is 0 Å². The summed E-state index contributed by atoms with van der Waals surface area (Å²) in [6.45, 7) is 51.6. The molecule has 1 heterocycles. The average Bonchev–Trinajstić information content (AvgIpc) is 3.75. The van der Waals surface area contributed by atoms with Crippen molar-refractivity contribution in [1.29, 1.82) is 0 Å². The topological polar surface area (TPSA) is 6.48 Å². The Labute approximate surface area is 428 Å². The fourth-order valence-corrected chi connectivity index (χ4v) is 8.84. The fraction of sp³-hybridized carbons (Fsp3) is 0.723. The summed E-state index contributed by atoms with van der Waals surface area (Å²) in [6.07, 6.45) is 9.66. The van der Waals surface area contributed by atoms with E-state index in [9.17, 15) is 0 Å². The third-order valence-corrected chi connectivity index (χ3v) is 12.1. The molecular formula is C65H130N2. The molecule has 7 rings (SSSR count). The first-order chi connectivity index (χ1) is 29.8. The molecule has 3 aromatic carbocycles. The minimum atomic E-state index is 0. The van der Waals surface area contributed by atoms with Crippen LogP contribution >= 0.6 is 0 Å². The summed E-state index contributed by atoms with van der Waals surface area (Å²) in [4.78, 5) is 5.13. The van der Waals surface area contributed by atoms with Crippen molar-refractivity contribution in [3.63, 3.8) is 0 Å². The Morgan fingerprint density at radius 3 is 1.06 bits per heavy atom. The number of nitrogens with zero attached hydrogens (tertiary/aromatic N) is 2. The van der Waals surface area contributed by atoms with Crippen molar-refractivity contribution in [1.82, 2.24) is 9.80 Å². The molecule has 4 aliphatic rings. The first-order valence-corrected chi connectivity index (χ1v) is 26.5. The zero-order valence-corrected chi connectivity index (χ0v) is 46.1. The highest BCUT2D eigenvalue weighted by atomic mass is 15.3. The molecule has 2 nitrogen and oxygen atoms in total. The predicted octanol–water partition coefficient (Wildman–Crippen LogP) is 21.7. The van der Waals surface area contributed by atoms with Crippen molar-refractivity contribution in [2.75, 3.05) is 20.1 Å². The minimum Gasteiger partial charge on any atom is -0.307 e. The Kier molecular flexibility index (Phi) is 60.8. The number of benzene rings is 3. The highest BCUT2D eigenvalue weighted by Crippen LogP contribution is 2.68. The second-order valence-corrected chi connectivity index (χ2v) is 17.6. The second-order valence-electron chi connectivity index (χ2n) is 17.6. The normalized spacial score (nSPS) is 20.5. The summed E-state index contributed by atoms with van der Waals surface area (Å²) in [5, 5.41) is 0. The molecule has 3 aromatic rings. The second kappa shape index (κ2) is 50.0. The van der Waals surface area contributed by atoms with E-state index in [1.165, 1.54) is 65.5 Å². The van der Waals surface area contributed by atoms with Gasteiger partial charge in [0.2, 0.25) is 0 Å². The Hall–Kier alpha value is -2.42.